The van der Waals surface area contributed by atoms with Gasteiger partial charge in [-0.3, -0.25) is 9.69 Å². The van der Waals surface area contributed by atoms with E-state index in [1.165, 1.54) is 4.90 Å². The maximum Gasteiger partial charge on any atom is 0.328 e. The fourth-order valence-electron chi connectivity index (χ4n) is 3.78. The zero-order valence-corrected chi connectivity index (χ0v) is 16.0. The van der Waals surface area contributed by atoms with E-state index < -0.39 is 17.7 Å². The van der Waals surface area contributed by atoms with Crippen LogP contribution < -0.4 is 0 Å². The van der Waals surface area contributed by atoms with Gasteiger partial charge >= 0.3 is 5.97 Å². The van der Waals surface area contributed by atoms with Gasteiger partial charge in [0.05, 0.1) is 6.61 Å². The molecule has 3 rings (SSSR count). The third-order valence-corrected chi connectivity index (χ3v) is 5.53. The molecule has 2 fully saturated rings. The number of carboxylic acid groups (broad SMARTS) is 1. The molecule has 0 saturated carbocycles. The SMILES string of the molecule is CN1CCC2(CC1)OCC(C(=O)O)N2C(=O)c1ccc(C(C)(C)C)cc1. The molecule has 1 amide bonds. The molecule has 6 nitrogen and oxygen atoms in total. The maximum atomic E-state index is 13.2. The van der Waals surface area contributed by atoms with E-state index in [-0.39, 0.29) is 17.9 Å². The molecule has 1 unspecified atom stereocenters. The molecule has 26 heavy (non-hydrogen) atoms. The number of benzene rings is 1. The highest BCUT2D eigenvalue weighted by atomic mass is 16.5. The summed E-state index contributed by atoms with van der Waals surface area (Å²) < 4.78 is 5.93. The Labute approximate surface area is 154 Å². The van der Waals surface area contributed by atoms with Crippen LogP contribution in [0.2, 0.25) is 0 Å². The third-order valence-electron chi connectivity index (χ3n) is 5.53. The molecule has 1 atom stereocenters. The van der Waals surface area contributed by atoms with E-state index in [1.807, 2.05) is 19.2 Å². The Morgan fingerprint density at radius 1 is 1.15 bits per heavy atom. The van der Waals surface area contributed by atoms with Crippen LogP contribution in [-0.4, -0.2) is 65.3 Å². The van der Waals surface area contributed by atoms with Crippen molar-refractivity contribution in [2.45, 2.75) is 50.8 Å². The number of ether oxygens (including phenoxy) is 1. The summed E-state index contributed by atoms with van der Waals surface area (Å²) in [6, 6.07) is 6.54. The van der Waals surface area contributed by atoms with Crippen molar-refractivity contribution in [3.8, 4) is 0 Å². The first-order valence-electron chi connectivity index (χ1n) is 9.14. The van der Waals surface area contributed by atoms with Crippen LogP contribution in [0.5, 0.6) is 0 Å². The molecule has 1 N–H and O–H groups in total. The summed E-state index contributed by atoms with van der Waals surface area (Å²) in [7, 11) is 2.02. The minimum absolute atomic E-state index is 0.00287. The lowest BCUT2D eigenvalue weighted by molar-refractivity contribution is -0.143. The summed E-state index contributed by atoms with van der Waals surface area (Å²) in [5.74, 6) is -1.28. The van der Waals surface area contributed by atoms with Crippen molar-refractivity contribution in [1.29, 1.82) is 0 Å². The molecule has 2 heterocycles. The summed E-state index contributed by atoms with van der Waals surface area (Å²) in [4.78, 5) is 28.6. The summed E-state index contributed by atoms with van der Waals surface area (Å²) in [6.45, 7) is 7.95. The molecule has 0 bridgehead atoms. The van der Waals surface area contributed by atoms with Gasteiger partial charge in [0.15, 0.2) is 6.04 Å². The standard InChI is InChI=1S/C20H28N2O4/c1-19(2,3)15-7-5-14(6-8-15)17(23)22-16(18(24)25)13-26-20(22)9-11-21(4)12-10-20/h5-8,16H,9-13H2,1-4H3,(H,24,25). The van der Waals surface area contributed by atoms with Crippen LogP contribution in [0.15, 0.2) is 24.3 Å². The normalized spacial score (nSPS) is 23.4. The fraction of sp³-hybridized carbons (Fsp3) is 0.600. The highest BCUT2D eigenvalue weighted by Crippen LogP contribution is 2.38. The highest BCUT2D eigenvalue weighted by molar-refractivity contribution is 5.97. The molecule has 0 radical (unpaired) electrons. The number of carboxylic acids is 1. The van der Waals surface area contributed by atoms with Crippen LogP contribution in [0.1, 0.15) is 49.5 Å². The van der Waals surface area contributed by atoms with Crippen molar-refractivity contribution in [3.63, 3.8) is 0 Å². The maximum absolute atomic E-state index is 13.2. The molecule has 0 aliphatic carbocycles. The van der Waals surface area contributed by atoms with Gasteiger partial charge in [0.2, 0.25) is 0 Å². The number of aliphatic carboxylic acids is 1. The topological polar surface area (TPSA) is 70.1 Å². The molecular weight excluding hydrogens is 332 g/mol. The van der Waals surface area contributed by atoms with E-state index in [9.17, 15) is 14.7 Å². The van der Waals surface area contributed by atoms with Gasteiger partial charge in [-0.15, -0.1) is 0 Å². The summed E-state index contributed by atoms with van der Waals surface area (Å²) in [5, 5.41) is 9.61. The third kappa shape index (κ3) is 3.35. The Morgan fingerprint density at radius 3 is 2.23 bits per heavy atom. The number of hydrogen-bond donors (Lipinski definition) is 1. The lowest BCUT2D eigenvalue weighted by Crippen LogP contribution is -2.57. The predicted molar refractivity (Wildman–Crippen MR) is 98.1 cm³/mol. The van der Waals surface area contributed by atoms with E-state index in [1.54, 1.807) is 12.1 Å². The summed E-state index contributed by atoms with van der Waals surface area (Å²) in [6.07, 6.45) is 1.25. The van der Waals surface area contributed by atoms with Gasteiger partial charge in [-0.1, -0.05) is 32.9 Å². The predicted octanol–water partition coefficient (Wildman–Crippen LogP) is 2.33. The summed E-state index contributed by atoms with van der Waals surface area (Å²) >= 11 is 0. The number of rotatable bonds is 2. The minimum Gasteiger partial charge on any atom is -0.480 e. The average Bonchev–Trinajstić information content (AvgIpc) is 2.96. The number of nitrogens with zero attached hydrogens (tertiary/aromatic N) is 2. The molecule has 1 spiro atoms. The Bertz CT molecular complexity index is 685. The van der Waals surface area contributed by atoms with Gasteiger partial charge in [0, 0.05) is 31.5 Å². The Hall–Kier alpha value is -1.92. The molecule has 0 aromatic heterocycles. The second-order valence-electron chi connectivity index (χ2n) is 8.42. The van der Waals surface area contributed by atoms with E-state index in [0.717, 1.165) is 18.7 Å². The molecular formula is C20H28N2O4. The van der Waals surface area contributed by atoms with Crippen molar-refractivity contribution >= 4 is 11.9 Å². The quantitative estimate of drug-likeness (QED) is 0.877. The van der Waals surface area contributed by atoms with Gasteiger partial charge in [-0.25, -0.2) is 4.79 Å². The van der Waals surface area contributed by atoms with Crippen molar-refractivity contribution < 1.29 is 19.4 Å². The molecule has 2 aliphatic heterocycles. The number of hydrogen-bond acceptors (Lipinski definition) is 4. The van der Waals surface area contributed by atoms with E-state index in [2.05, 4.69) is 25.7 Å². The van der Waals surface area contributed by atoms with Crippen molar-refractivity contribution in [2.24, 2.45) is 0 Å². The van der Waals surface area contributed by atoms with Crippen LogP contribution in [0, 0.1) is 0 Å². The fourth-order valence-corrected chi connectivity index (χ4v) is 3.78. The second-order valence-corrected chi connectivity index (χ2v) is 8.42. The molecule has 1 aromatic rings. The largest absolute Gasteiger partial charge is 0.480 e. The van der Waals surface area contributed by atoms with Crippen LogP contribution in [-0.2, 0) is 14.9 Å². The Kier molecular flexibility index (Phi) is 4.84. The molecule has 2 aliphatic rings. The number of carbonyl (C=O) groups excluding carboxylic acids is 1. The highest BCUT2D eigenvalue weighted by Gasteiger charge is 2.53. The lowest BCUT2D eigenvalue weighted by Gasteiger charge is -2.43. The van der Waals surface area contributed by atoms with Crippen LogP contribution >= 0.6 is 0 Å². The number of piperidine rings is 1. The van der Waals surface area contributed by atoms with Gasteiger partial charge in [0.25, 0.3) is 5.91 Å². The lowest BCUT2D eigenvalue weighted by atomic mass is 9.86. The van der Waals surface area contributed by atoms with E-state index in [0.29, 0.717) is 18.4 Å². The van der Waals surface area contributed by atoms with Gasteiger partial charge in [-0.2, -0.15) is 0 Å². The monoisotopic (exact) mass is 360 g/mol. The van der Waals surface area contributed by atoms with Gasteiger partial charge in [0.1, 0.15) is 5.72 Å². The second kappa shape index (κ2) is 6.67. The smallest absolute Gasteiger partial charge is 0.328 e. The first kappa shape index (κ1) is 18.9. The van der Waals surface area contributed by atoms with Crippen molar-refractivity contribution in [3.05, 3.63) is 35.4 Å². The molecule has 6 heteroatoms. The van der Waals surface area contributed by atoms with E-state index in [4.69, 9.17) is 4.74 Å². The number of amides is 1. The van der Waals surface area contributed by atoms with Crippen LogP contribution in [0.25, 0.3) is 0 Å². The first-order chi connectivity index (χ1) is 12.1. The Balaban J connectivity index is 1.91. The zero-order chi connectivity index (χ0) is 19.1. The van der Waals surface area contributed by atoms with Crippen LogP contribution in [0.4, 0.5) is 0 Å². The van der Waals surface area contributed by atoms with Gasteiger partial charge < -0.3 is 14.7 Å². The molecule has 142 valence electrons. The van der Waals surface area contributed by atoms with Crippen LogP contribution in [0.3, 0.4) is 0 Å². The number of likely N-dealkylation sites (tertiary alicyclic amines) is 1. The van der Waals surface area contributed by atoms with Gasteiger partial charge in [-0.05, 0) is 30.2 Å². The zero-order valence-electron chi connectivity index (χ0n) is 16.0. The Morgan fingerprint density at radius 2 is 1.73 bits per heavy atom. The summed E-state index contributed by atoms with van der Waals surface area (Å²) in [5.41, 5.74) is 0.829. The first-order valence-corrected chi connectivity index (χ1v) is 9.14. The number of carbonyl (C=O) groups is 2. The van der Waals surface area contributed by atoms with Crippen molar-refractivity contribution in [2.75, 3.05) is 26.7 Å². The minimum atomic E-state index is -1.01. The molecule has 1 aromatic carbocycles. The van der Waals surface area contributed by atoms with Crippen molar-refractivity contribution in [1.82, 2.24) is 9.80 Å². The molecule has 2 saturated heterocycles. The van der Waals surface area contributed by atoms with E-state index >= 15 is 0 Å². The average molecular weight is 360 g/mol.